The smallest absolute Gasteiger partial charge is 0.173 e. The second-order valence-corrected chi connectivity index (χ2v) is 4.61. The van der Waals surface area contributed by atoms with Crippen molar-refractivity contribution < 1.29 is 0 Å². The highest BCUT2D eigenvalue weighted by Gasteiger charge is 2.00. The van der Waals surface area contributed by atoms with Gasteiger partial charge in [0.25, 0.3) is 0 Å². The minimum Gasteiger partial charge on any atom is -0.381 e. The number of rotatable bonds is 5. The Morgan fingerprint density at radius 3 is 2.15 bits per heavy atom. The monoisotopic (exact) mass is 286 g/mol. The molecule has 4 nitrogen and oxygen atoms in total. The summed E-state index contributed by atoms with van der Waals surface area (Å²) in [6.45, 7) is 0.724. The third-order valence-corrected chi connectivity index (χ3v) is 3.25. The molecule has 0 aliphatic carbocycles. The van der Waals surface area contributed by atoms with Crippen molar-refractivity contribution in [2.45, 2.75) is 12.4 Å². The van der Waals surface area contributed by atoms with E-state index in [1.807, 2.05) is 36.4 Å². The van der Waals surface area contributed by atoms with Gasteiger partial charge < -0.3 is 5.32 Å². The summed E-state index contributed by atoms with van der Waals surface area (Å²) in [7, 11) is 0. The van der Waals surface area contributed by atoms with Crippen LogP contribution in [-0.2, 0) is 12.4 Å². The minimum absolute atomic E-state index is 0.0341. The van der Waals surface area contributed by atoms with Crippen molar-refractivity contribution in [2.24, 2.45) is 5.11 Å². The van der Waals surface area contributed by atoms with E-state index in [1.165, 1.54) is 5.56 Å². The van der Waals surface area contributed by atoms with Crippen LogP contribution < -0.4 is 5.32 Å². The number of nitrogens with one attached hydrogen (secondary N) is 3. The van der Waals surface area contributed by atoms with Crippen molar-refractivity contribution in [1.29, 1.82) is 10.9 Å². The van der Waals surface area contributed by atoms with Gasteiger partial charge in [-0.15, -0.1) is 16.7 Å². The summed E-state index contributed by atoms with van der Waals surface area (Å²) in [6.07, 6.45) is 0. The first kappa shape index (κ1) is 14.2. The predicted molar refractivity (Wildman–Crippen MR) is 81.7 cm³/mol. The molecule has 0 fully saturated rings. The fourth-order valence-electron chi connectivity index (χ4n) is 1.76. The number of alkyl halides is 1. The van der Waals surface area contributed by atoms with Crippen LogP contribution in [0.25, 0.3) is 0 Å². The molecule has 0 saturated heterocycles. The first-order chi connectivity index (χ1) is 9.72. The summed E-state index contributed by atoms with van der Waals surface area (Å²) in [5.41, 5.74) is 10.7. The highest BCUT2D eigenvalue weighted by atomic mass is 35.5. The molecule has 0 unspecified atom stereocenters. The van der Waals surface area contributed by atoms with Crippen molar-refractivity contribution in [3.63, 3.8) is 0 Å². The summed E-state index contributed by atoms with van der Waals surface area (Å²) in [4.78, 5) is 0. The molecule has 0 aliphatic heterocycles. The van der Waals surface area contributed by atoms with E-state index in [0.29, 0.717) is 11.4 Å². The maximum atomic E-state index is 7.44. The molecule has 102 valence electrons. The Morgan fingerprint density at radius 2 is 1.60 bits per heavy atom. The molecule has 0 heterocycles. The van der Waals surface area contributed by atoms with Gasteiger partial charge in [0.05, 0.1) is 0 Å². The fourth-order valence-corrected chi connectivity index (χ4v) is 1.94. The zero-order valence-corrected chi connectivity index (χ0v) is 11.6. The first-order valence-electron chi connectivity index (χ1n) is 6.17. The Hall–Kier alpha value is -2.20. The van der Waals surface area contributed by atoms with E-state index in [-0.39, 0.29) is 5.84 Å². The van der Waals surface area contributed by atoms with Gasteiger partial charge >= 0.3 is 0 Å². The molecule has 0 radical (unpaired) electrons. The Bertz CT molecular complexity index is 590. The normalized spacial score (nSPS) is 10.1. The lowest BCUT2D eigenvalue weighted by molar-refractivity contribution is 1.14. The SMILES string of the molecule is N=NC(=N)c1ccc(NCc2ccc(CCl)cc2)cc1. The Morgan fingerprint density at radius 1 is 1.00 bits per heavy atom. The zero-order valence-electron chi connectivity index (χ0n) is 10.9. The molecule has 0 amide bonds. The van der Waals surface area contributed by atoms with Gasteiger partial charge in [-0.25, -0.2) is 5.53 Å². The Kier molecular flexibility index (Phi) is 4.85. The molecule has 20 heavy (non-hydrogen) atoms. The number of benzene rings is 2. The van der Waals surface area contributed by atoms with Crippen LogP contribution in [0.3, 0.4) is 0 Å². The molecule has 0 aliphatic rings. The van der Waals surface area contributed by atoms with Crippen LogP contribution in [0, 0.1) is 10.9 Å². The minimum atomic E-state index is -0.0341. The average molecular weight is 287 g/mol. The van der Waals surface area contributed by atoms with E-state index in [0.717, 1.165) is 17.8 Å². The van der Waals surface area contributed by atoms with Gasteiger partial charge in [-0.3, -0.25) is 5.41 Å². The number of hydrogen-bond acceptors (Lipinski definition) is 3. The van der Waals surface area contributed by atoms with E-state index in [1.54, 1.807) is 12.1 Å². The van der Waals surface area contributed by atoms with Crippen LogP contribution in [0.2, 0.25) is 0 Å². The molecule has 2 aromatic carbocycles. The van der Waals surface area contributed by atoms with Gasteiger partial charge in [0.1, 0.15) is 0 Å². The van der Waals surface area contributed by atoms with Gasteiger partial charge in [-0.1, -0.05) is 24.3 Å². The van der Waals surface area contributed by atoms with Crippen molar-refractivity contribution in [2.75, 3.05) is 5.32 Å². The van der Waals surface area contributed by atoms with Crippen LogP contribution in [0.15, 0.2) is 53.6 Å². The largest absolute Gasteiger partial charge is 0.381 e. The lowest BCUT2D eigenvalue weighted by Crippen LogP contribution is -2.00. The van der Waals surface area contributed by atoms with E-state index in [4.69, 9.17) is 22.5 Å². The second kappa shape index (κ2) is 6.82. The molecule has 5 heteroatoms. The van der Waals surface area contributed by atoms with Gasteiger partial charge in [-0.05, 0) is 35.4 Å². The quantitative estimate of drug-likeness (QED) is 0.324. The van der Waals surface area contributed by atoms with Crippen LogP contribution in [0.1, 0.15) is 16.7 Å². The molecule has 0 saturated carbocycles. The highest BCUT2D eigenvalue weighted by Crippen LogP contribution is 2.13. The molecule has 0 atom stereocenters. The van der Waals surface area contributed by atoms with Crippen LogP contribution >= 0.6 is 11.6 Å². The number of anilines is 1. The van der Waals surface area contributed by atoms with Gasteiger partial charge in [0.2, 0.25) is 0 Å². The van der Waals surface area contributed by atoms with Gasteiger partial charge in [0, 0.05) is 23.7 Å². The average Bonchev–Trinajstić information content (AvgIpc) is 2.53. The Balaban J connectivity index is 1.96. The molecular weight excluding hydrogens is 272 g/mol. The van der Waals surface area contributed by atoms with E-state index >= 15 is 0 Å². The summed E-state index contributed by atoms with van der Waals surface area (Å²) in [5, 5.41) is 13.8. The standard InChI is InChI=1S/C15H15ClN4/c16-9-11-1-3-12(4-2-11)10-19-14-7-5-13(6-8-14)15(17)20-18/h1-8,17-19H,9-10H2. The van der Waals surface area contributed by atoms with E-state index in [2.05, 4.69) is 10.4 Å². The van der Waals surface area contributed by atoms with E-state index in [9.17, 15) is 0 Å². The maximum absolute atomic E-state index is 7.44. The predicted octanol–water partition coefficient (Wildman–Crippen LogP) is 4.39. The number of nitrogens with zero attached hydrogens (tertiary/aromatic N) is 1. The second-order valence-electron chi connectivity index (χ2n) is 4.34. The van der Waals surface area contributed by atoms with Crippen LogP contribution in [-0.4, -0.2) is 5.84 Å². The third-order valence-electron chi connectivity index (χ3n) is 2.94. The van der Waals surface area contributed by atoms with Crippen molar-refractivity contribution in [1.82, 2.24) is 0 Å². The number of amidine groups is 1. The lowest BCUT2D eigenvalue weighted by atomic mass is 10.1. The fraction of sp³-hybridized carbons (Fsp3) is 0.133. The molecular formula is C15H15ClN4. The van der Waals surface area contributed by atoms with Crippen LogP contribution in [0.5, 0.6) is 0 Å². The van der Waals surface area contributed by atoms with Crippen molar-refractivity contribution >= 4 is 23.1 Å². The van der Waals surface area contributed by atoms with Crippen LogP contribution in [0.4, 0.5) is 5.69 Å². The number of hydrogen-bond donors (Lipinski definition) is 3. The molecule has 2 aromatic rings. The lowest BCUT2D eigenvalue weighted by Gasteiger charge is -2.07. The van der Waals surface area contributed by atoms with Crippen molar-refractivity contribution in [3.05, 3.63) is 65.2 Å². The highest BCUT2D eigenvalue weighted by molar-refractivity contribution is 6.17. The zero-order chi connectivity index (χ0) is 14.4. The molecule has 2 rings (SSSR count). The topological polar surface area (TPSA) is 72.1 Å². The molecule has 3 N–H and O–H groups in total. The van der Waals surface area contributed by atoms with Crippen molar-refractivity contribution in [3.8, 4) is 0 Å². The first-order valence-corrected chi connectivity index (χ1v) is 6.70. The number of halogens is 1. The third kappa shape index (κ3) is 3.65. The summed E-state index contributed by atoms with van der Waals surface area (Å²) < 4.78 is 0. The Labute approximate surface area is 122 Å². The summed E-state index contributed by atoms with van der Waals surface area (Å²) in [6, 6.07) is 15.4. The summed E-state index contributed by atoms with van der Waals surface area (Å²) >= 11 is 5.75. The molecule has 0 spiro atoms. The molecule has 0 bridgehead atoms. The summed E-state index contributed by atoms with van der Waals surface area (Å²) in [5.74, 6) is 0.496. The molecule has 0 aromatic heterocycles. The maximum Gasteiger partial charge on any atom is 0.173 e. The van der Waals surface area contributed by atoms with Gasteiger partial charge in [-0.2, -0.15) is 0 Å². The van der Waals surface area contributed by atoms with E-state index < -0.39 is 0 Å². The van der Waals surface area contributed by atoms with Gasteiger partial charge in [0.15, 0.2) is 5.84 Å².